The molecule has 110 valence electrons. The van der Waals surface area contributed by atoms with Gasteiger partial charge in [0.05, 0.1) is 12.1 Å². The lowest BCUT2D eigenvalue weighted by molar-refractivity contribution is -0.120. The number of anilines is 2. The zero-order valence-corrected chi connectivity index (χ0v) is 12.0. The topological polar surface area (TPSA) is 78.6 Å². The first-order chi connectivity index (χ1) is 9.45. The number of nitrogens with one attached hydrogen (secondary N) is 1. The smallest absolute Gasteiger partial charge is 0.241 e. The van der Waals surface area contributed by atoms with E-state index in [1.807, 2.05) is 18.9 Å². The minimum Gasteiger partial charge on any atom is -0.399 e. The second-order valence-electron chi connectivity index (χ2n) is 5.72. The monoisotopic (exact) mass is 277 g/mol. The third kappa shape index (κ3) is 3.71. The molecule has 1 aliphatic rings. The molecule has 1 aromatic rings. The van der Waals surface area contributed by atoms with E-state index in [-0.39, 0.29) is 18.1 Å². The molecule has 1 amide bonds. The van der Waals surface area contributed by atoms with Crippen molar-refractivity contribution in [1.29, 1.82) is 0 Å². The van der Waals surface area contributed by atoms with E-state index in [1.165, 1.54) is 0 Å². The van der Waals surface area contributed by atoms with E-state index >= 15 is 0 Å². The van der Waals surface area contributed by atoms with Crippen molar-refractivity contribution in [2.24, 2.45) is 5.92 Å². The maximum Gasteiger partial charge on any atom is 0.241 e. The van der Waals surface area contributed by atoms with E-state index in [2.05, 4.69) is 5.32 Å². The summed E-state index contributed by atoms with van der Waals surface area (Å²) in [5.41, 5.74) is 7.04. The molecule has 1 saturated carbocycles. The summed E-state index contributed by atoms with van der Waals surface area (Å²) in [6.07, 6.45) is 1.54. The van der Waals surface area contributed by atoms with Crippen LogP contribution in [0.3, 0.4) is 0 Å². The van der Waals surface area contributed by atoms with Gasteiger partial charge in [0.15, 0.2) is 0 Å². The summed E-state index contributed by atoms with van der Waals surface area (Å²) in [4.78, 5) is 14.2. The summed E-state index contributed by atoms with van der Waals surface area (Å²) in [5.74, 6) is 0.471. The van der Waals surface area contributed by atoms with Crippen LogP contribution >= 0.6 is 0 Å². The van der Waals surface area contributed by atoms with E-state index in [0.29, 0.717) is 11.6 Å². The average Bonchev–Trinajstić information content (AvgIpc) is 2.38. The molecule has 4 N–H and O–H groups in total. The lowest BCUT2D eigenvalue weighted by Crippen LogP contribution is -2.45. The normalized spacial score (nSPS) is 23.2. The summed E-state index contributed by atoms with van der Waals surface area (Å²) in [6.45, 7) is 2.73. The van der Waals surface area contributed by atoms with Crippen molar-refractivity contribution in [1.82, 2.24) is 4.90 Å². The van der Waals surface area contributed by atoms with Gasteiger partial charge in [0, 0.05) is 17.9 Å². The van der Waals surface area contributed by atoms with Gasteiger partial charge in [-0.05, 0) is 57.0 Å². The molecule has 5 nitrogen and oxygen atoms in total. The van der Waals surface area contributed by atoms with Crippen LogP contribution in [0.25, 0.3) is 0 Å². The van der Waals surface area contributed by atoms with E-state index in [0.717, 1.165) is 25.1 Å². The zero-order chi connectivity index (χ0) is 14.7. The standard InChI is InChI=1S/C15H23N3O2/c1-10(18(2)9-11-7-14(19)8-11)15(20)17-13-5-3-12(16)4-6-13/h3-6,10-11,14,19H,7-9,16H2,1-2H3,(H,17,20). The van der Waals surface area contributed by atoms with Crippen molar-refractivity contribution in [3.63, 3.8) is 0 Å². The van der Waals surface area contributed by atoms with E-state index in [4.69, 9.17) is 5.73 Å². The summed E-state index contributed by atoms with van der Waals surface area (Å²) in [7, 11) is 1.94. The van der Waals surface area contributed by atoms with E-state index in [1.54, 1.807) is 24.3 Å². The number of rotatable bonds is 5. The first-order valence-electron chi connectivity index (χ1n) is 7.00. The number of hydrogen-bond acceptors (Lipinski definition) is 4. The van der Waals surface area contributed by atoms with Crippen molar-refractivity contribution in [2.75, 3.05) is 24.6 Å². The van der Waals surface area contributed by atoms with Crippen LogP contribution in [0.4, 0.5) is 11.4 Å². The molecule has 0 saturated heterocycles. The van der Waals surface area contributed by atoms with Crippen LogP contribution in [0.5, 0.6) is 0 Å². The Hall–Kier alpha value is -1.59. The Morgan fingerprint density at radius 3 is 2.60 bits per heavy atom. The van der Waals surface area contributed by atoms with Gasteiger partial charge in [-0.15, -0.1) is 0 Å². The fourth-order valence-electron chi connectivity index (χ4n) is 2.43. The maximum absolute atomic E-state index is 12.2. The van der Waals surface area contributed by atoms with Crippen LogP contribution in [-0.4, -0.2) is 41.7 Å². The lowest BCUT2D eigenvalue weighted by Gasteiger charge is -2.36. The van der Waals surface area contributed by atoms with E-state index < -0.39 is 0 Å². The number of likely N-dealkylation sites (N-methyl/N-ethyl adjacent to an activating group) is 1. The van der Waals surface area contributed by atoms with Crippen molar-refractivity contribution in [3.8, 4) is 0 Å². The van der Waals surface area contributed by atoms with Gasteiger partial charge in [-0.3, -0.25) is 9.69 Å². The molecule has 1 aromatic carbocycles. The molecule has 1 atom stereocenters. The molecule has 0 spiro atoms. The third-order valence-electron chi connectivity index (χ3n) is 3.98. The van der Waals surface area contributed by atoms with Gasteiger partial charge in [0.2, 0.25) is 5.91 Å². The first kappa shape index (κ1) is 14.8. The van der Waals surface area contributed by atoms with Crippen LogP contribution < -0.4 is 11.1 Å². The Bertz CT molecular complexity index is 455. The zero-order valence-electron chi connectivity index (χ0n) is 12.0. The van der Waals surface area contributed by atoms with Crippen LogP contribution in [0.2, 0.25) is 0 Å². The van der Waals surface area contributed by atoms with Crippen LogP contribution in [0.1, 0.15) is 19.8 Å². The molecule has 20 heavy (non-hydrogen) atoms. The highest BCUT2D eigenvalue weighted by atomic mass is 16.3. The summed E-state index contributed by atoms with van der Waals surface area (Å²) >= 11 is 0. The maximum atomic E-state index is 12.2. The molecule has 0 bridgehead atoms. The lowest BCUT2D eigenvalue weighted by atomic mass is 9.82. The molecular weight excluding hydrogens is 254 g/mol. The van der Waals surface area contributed by atoms with Gasteiger partial charge in [0.25, 0.3) is 0 Å². The molecule has 5 heteroatoms. The van der Waals surface area contributed by atoms with Crippen LogP contribution in [0, 0.1) is 5.92 Å². The van der Waals surface area contributed by atoms with Crippen molar-refractivity contribution < 1.29 is 9.90 Å². The molecule has 0 aromatic heterocycles. The number of nitrogen functional groups attached to an aromatic ring is 1. The SMILES string of the molecule is CC(C(=O)Nc1ccc(N)cc1)N(C)CC1CC(O)C1. The number of nitrogens with two attached hydrogens (primary N) is 1. The molecular formula is C15H23N3O2. The minimum atomic E-state index is -0.203. The summed E-state index contributed by atoms with van der Waals surface area (Å²) in [5, 5.41) is 12.2. The molecule has 0 radical (unpaired) electrons. The average molecular weight is 277 g/mol. The Kier molecular flexibility index (Phi) is 4.62. The summed E-state index contributed by atoms with van der Waals surface area (Å²) in [6, 6.07) is 6.91. The number of aliphatic hydroxyl groups excluding tert-OH is 1. The number of aliphatic hydroxyl groups is 1. The van der Waals surface area contributed by atoms with Crippen LogP contribution in [0.15, 0.2) is 24.3 Å². The molecule has 1 fully saturated rings. The number of benzene rings is 1. The highest BCUT2D eigenvalue weighted by Crippen LogP contribution is 2.28. The largest absolute Gasteiger partial charge is 0.399 e. The number of amides is 1. The van der Waals surface area contributed by atoms with Crippen molar-refractivity contribution >= 4 is 17.3 Å². The molecule has 1 aliphatic carbocycles. The molecule has 1 unspecified atom stereocenters. The summed E-state index contributed by atoms with van der Waals surface area (Å²) < 4.78 is 0. The van der Waals surface area contributed by atoms with Gasteiger partial charge in [-0.2, -0.15) is 0 Å². The Balaban J connectivity index is 1.83. The van der Waals surface area contributed by atoms with Crippen LogP contribution in [-0.2, 0) is 4.79 Å². The fourth-order valence-corrected chi connectivity index (χ4v) is 2.43. The molecule has 2 rings (SSSR count). The Labute approximate surface area is 119 Å². The second kappa shape index (κ2) is 6.24. The quantitative estimate of drug-likeness (QED) is 0.709. The Morgan fingerprint density at radius 1 is 1.45 bits per heavy atom. The highest BCUT2D eigenvalue weighted by molar-refractivity contribution is 5.94. The van der Waals surface area contributed by atoms with Gasteiger partial charge >= 0.3 is 0 Å². The molecule has 0 aliphatic heterocycles. The van der Waals surface area contributed by atoms with Crippen molar-refractivity contribution in [3.05, 3.63) is 24.3 Å². The highest BCUT2D eigenvalue weighted by Gasteiger charge is 2.30. The van der Waals surface area contributed by atoms with Gasteiger partial charge in [0.1, 0.15) is 0 Å². The predicted octanol–water partition coefficient (Wildman–Crippen LogP) is 1.30. The van der Waals surface area contributed by atoms with E-state index in [9.17, 15) is 9.90 Å². The predicted molar refractivity (Wildman–Crippen MR) is 80.3 cm³/mol. The van der Waals surface area contributed by atoms with Gasteiger partial charge in [-0.25, -0.2) is 0 Å². The minimum absolute atomic E-state index is 0.0304. The number of hydrogen-bond donors (Lipinski definition) is 3. The molecule has 0 heterocycles. The van der Waals surface area contributed by atoms with Gasteiger partial charge < -0.3 is 16.2 Å². The third-order valence-corrected chi connectivity index (χ3v) is 3.98. The van der Waals surface area contributed by atoms with Crippen molar-refractivity contribution in [2.45, 2.75) is 31.9 Å². The second-order valence-corrected chi connectivity index (χ2v) is 5.72. The Morgan fingerprint density at radius 2 is 2.05 bits per heavy atom. The fraction of sp³-hybridized carbons (Fsp3) is 0.533. The number of carbonyl (C=O) groups is 1. The van der Waals surface area contributed by atoms with Gasteiger partial charge in [-0.1, -0.05) is 0 Å². The number of carbonyl (C=O) groups excluding carboxylic acids is 1. The number of nitrogens with zero attached hydrogens (tertiary/aromatic N) is 1. The first-order valence-corrected chi connectivity index (χ1v) is 7.00.